The van der Waals surface area contributed by atoms with Crippen LogP contribution in [0.5, 0.6) is 0 Å². The summed E-state index contributed by atoms with van der Waals surface area (Å²) in [7, 11) is 0. The van der Waals surface area contributed by atoms with Gasteiger partial charge in [0.25, 0.3) is 0 Å². The molecule has 0 amide bonds. The minimum atomic E-state index is 0.880. The third-order valence-electron chi connectivity index (χ3n) is 2.59. The lowest BCUT2D eigenvalue weighted by atomic mass is 10.1. The van der Waals surface area contributed by atoms with Crippen LogP contribution in [0.2, 0.25) is 0 Å². The van der Waals surface area contributed by atoms with Gasteiger partial charge in [0.2, 0.25) is 0 Å². The van der Waals surface area contributed by atoms with Crippen molar-refractivity contribution >= 4 is 32.3 Å². The molecule has 0 bridgehead atoms. The van der Waals surface area contributed by atoms with Gasteiger partial charge in [-0.05, 0) is 59.9 Å². The fourth-order valence-corrected chi connectivity index (χ4v) is 3.08. The second-order valence-corrected chi connectivity index (χ2v) is 6.14. The minimum Gasteiger partial charge on any atom is -0.377 e. The zero-order valence-electron chi connectivity index (χ0n) is 8.05. The van der Waals surface area contributed by atoms with Crippen molar-refractivity contribution < 1.29 is 0 Å². The lowest BCUT2D eigenvalue weighted by Crippen LogP contribution is -2.12. The molecule has 0 saturated carbocycles. The second-order valence-electron chi connectivity index (χ2n) is 3.68. The molecule has 2 nitrogen and oxygen atoms in total. The Morgan fingerprint density at radius 3 is 3.14 bits per heavy atom. The quantitative estimate of drug-likeness (QED) is 0.883. The van der Waals surface area contributed by atoms with Crippen LogP contribution in [-0.4, -0.2) is 19.6 Å². The van der Waals surface area contributed by atoms with Gasteiger partial charge in [0, 0.05) is 6.54 Å². The van der Waals surface area contributed by atoms with Gasteiger partial charge in [0.05, 0.1) is 8.79 Å². The Bertz CT molecular complexity index is 281. The first-order valence-electron chi connectivity index (χ1n) is 5.04. The summed E-state index contributed by atoms with van der Waals surface area (Å²) in [6.45, 7) is 3.50. The molecule has 0 radical (unpaired) electrons. The van der Waals surface area contributed by atoms with Crippen LogP contribution >= 0.6 is 27.3 Å². The maximum absolute atomic E-state index is 3.46. The first-order valence-corrected chi connectivity index (χ1v) is 6.65. The molecular formula is C10H15BrN2S. The van der Waals surface area contributed by atoms with Crippen molar-refractivity contribution in [2.45, 2.75) is 12.8 Å². The highest BCUT2D eigenvalue weighted by Crippen LogP contribution is 2.26. The summed E-state index contributed by atoms with van der Waals surface area (Å²) in [6, 6.07) is 4.21. The maximum Gasteiger partial charge on any atom is 0.0894 e. The highest BCUT2D eigenvalue weighted by Gasteiger charge is 2.13. The number of thiophene rings is 1. The van der Waals surface area contributed by atoms with E-state index in [9.17, 15) is 0 Å². The topological polar surface area (TPSA) is 24.1 Å². The summed E-state index contributed by atoms with van der Waals surface area (Å²) in [6.07, 6.45) is 2.62. The zero-order chi connectivity index (χ0) is 9.80. The first kappa shape index (κ1) is 10.5. The zero-order valence-corrected chi connectivity index (χ0v) is 10.5. The number of anilines is 1. The molecule has 14 heavy (non-hydrogen) atoms. The molecule has 1 aromatic heterocycles. The van der Waals surface area contributed by atoms with E-state index in [1.807, 2.05) is 0 Å². The van der Waals surface area contributed by atoms with Gasteiger partial charge >= 0.3 is 0 Å². The van der Waals surface area contributed by atoms with Gasteiger partial charge in [-0.2, -0.15) is 0 Å². The molecule has 0 spiro atoms. The molecule has 2 N–H and O–H groups in total. The van der Waals surface area contributed by atoms with E-state index in [1.54, 1.807) is 11.3 Å². The Labute approximate surface area is 97.2 Å². The van der Waals surface area contributed by atoms with Gasteiger partial charge in [0.1, 0.15) is 0 Å². The van der Waals surface area contributed by atoms with E-state index in [-0.39, 0.29) is 0 Å². The third kappa shape index (κ3) is 2.97. The number of halogens is 1. The minimum absolute atomic E-state index is 0.880. The van der Waals surface area contributed by atoms with Gasteiger partial charge in [-0.1, -0.05) is 0 Å². The van der Waals surface area contributed by atoms with Gasteiger partial charge in [0.15, 0.2) is 0 Å². The average Bonchev–Trinajstić information content (AvgIpc) is 2.77. The monoisotopic (exact) mass is 274 g/mol. The summed E-state index contributed by atoms with van der Waals surface area (Å²) in [5, 5.41) is 8.11. The van der Waals surface area contributed by atoms with Gasteiger partial charge in [-0.15, -0.1) is 11.3 Å². The molecule has 1 aliphatic rings. The van der Waals surface area contributed by atoms with Crippen molar-refractivity contribution in [3.8, 4) is 0 Å². The SMILES string of the molecule is Brc1ccc(NCCC2CCNC2)s1. The Kier molecular flexibility index (Phi) is 3.84. The van der Waals surface area contributed by atoms with Gasteiger partial charge in [-0.3, -0.25) is 0 Å². The highest BCUT2D eigenvalue weighted by molar-refractivity contribution is 9.11. The lowest BCUT2D eigenvalue weighted by molar-refractivity contribution is 0.549. The summed E-state index contributed by atoms with van der Waals surface area (Å²) < 4.78 is 1.20. The molecule has 2 heterocycles. The lowest BCUT2D eigenvalue weighted by Gasteiger charge is -2.08. The Morgan fingerprint density at radius 2 is 2.50 bits per heavy atom. The van der Waals surface area contributed by atoms with E-state index >= 15 is 0 Å². The maximum atomic E-state index is 3.46. The number of hydrogen-bond acceptors (Lipinski definition) is 3. The van der Waals surface area contributed by atoms with Crippen molar-refractivity contribution in [2.75, 3.05) is 25.0 Å². The van der Waals surface area contributed by atoms with Crippen molar-refractivity contribution in [3.05, 3.63) is 15.9 Å². The van der Waals surface area contributed by atoms with E-state index in [1.165, 1.54) is 34.7 Å². The van der Waals surface area contributed by atoms with Crippen LogP contribution in [0.4, 0.5) is 5.00 Å². The molecule has 1 atom stereocenters. The normalized spacial score (nSPS) is 21.4. The van der Waals surface area contributed by atoms with Crippen molar-refractivity contribution in [3.63, 3.8) is 0 Å². The first-order chi connectivity index (χ1) is 6.84. The Balaban J connectivity index is 1.67. The van der Waals surface area contributed by atoms with Crippen LogP contribution in [0.25, 0.3) is 0 Å². The summed E-state index contributed by atoms with van der Waals surface area (Å²) in [5.41, 5.74) is 0. The molecule has 1 saturated heterocycles. The molecule has 4 heteroatoms. The largest absolute Gasteiger partial charge is 0.377 e. The number of nitrogens with one attached hydrogen (secondary N) is 2. The summed E-state index contributed by atoms with van der Waals surface area (Å²) >= 11 is 5.22. The van der Waals surface area contributed by atoms with E-state index < -0.39 is 0 Å². The third-order valence-corrected chi connectivity index (χ3v) is 4.17. The molecule has 0 aliphatic carbocycles. The molecule has 1 unspecified atom stereocenters. The van der Waals surface area contributed by atoms with Crippen LogP contribution in [0.1, 0.15) is 12.8 Å². The van der Waals surface area contributed by atoms with E-state index in [4.69, 9.17) is 0 Å². The highest BCUT2D eigenvalue weighted by atomic mass is 79.9. The molecule has 0 aromatic carbocycles. The van der Waals surface area contributed by atoms with Crippen LogP contribution in [0.3, 0.4) is 0 Å². The Hall–Kier alpha value is -0.0600. The molecular weight excluding hydrogens is 260 g/mol. The molecule has 1 aliphatic heterocycles. The average molecular weight is 275 g/mol. The molecule has 78 valence electrons. The van der Waals surface area contributed by atoms with E-state index in [0.29, 0.717) is 0 Å². The van der Waals surface area contributed by atoms with E-state index in [0.717, 1.165) is 12.5 Å². The molecule has 1 fully saturated rings. The van der Waals surface area contributed by atoms with Crippen LogP contribution in [-0.2, 0) is 0 Å². The molecule has 2 rings (SSSR count). The standard InChI is InChI=1S/C10H15BrN2S/c11-9-1-2-10(14-9)13-6-4-8-3-5-12-7-8/h1-2,8,12-13H,3-7H2. The smallest absolute Gasteiger partial charge is 0.0894 e. The molecule has 1 aromatic rings. The van der Waals surface area contributed by atoms with E-state index in [2.05, 4.69) is 38.7 Å². The van der Waals surface area contributed by atoms with Crippen LogP contribution in [0.15, 0.2) is 15.9 Å². The predicted octanol–water partition coefficient (Wildman–Crippen LogP) is 2.92. The Morgan fingerprint density at radius 1 is 1.57 bits per heavy atom. The van der Waals surface area contributed by atoms with Crippen molar-refractivity contribution in [1.29, 1.82) is 0 Å². The van der Waals surface area contributed by atoms with Gasteiger partial charge < -0.3 is 10.6 Å². The second kappa shape index (κ2) is 5.14. The van der Waals surface area contributed by atoms with Crippen molar-refractivity contribution in [2.24, 2.45) is 5.92 Å². The van der Waals surface area contributed by atoms with Crippen LogP contribution < -0.4 is 10.6 Å². The predicted molar refractivity (Wildman–Crippen MR) is 66.1 cm³/mol. The van der Waals surface area contributed by atoms with Crippen molar-refractivity contribution in [1.82, 2.24) is 5.32 Å². The fraction of sp³-hybridized carbons (Fsp3) is 0.600. The number of rotatable bonds is 4. The van der Waals surface area contributed by atoms with Crippen LogP contribution in [0, 0.1) is 5.92 Å². The fourth-order valence-electron chi connectivity index (χ4n) is 1.77. The number of hydrogen-bond donors (Lipinski definition) is 2. The summed E-state index contributed by atoms with van der Waals surface area (Å²) in [4.78, 5) is 0. The van der Waals surface area contributed by atoms with Gasteiger partial charge in [-0.25, -0.2) is 0 Å². The summed E-state index contributed by atoms with van der Waals surface area (Å²) in [5.74, 6) is 0.880.